The Morgan fingerprint density at radius 2 is 1.90 bits per heavy atom. The summed E-state index contributed by atoms with van der Waals surface area (Å²) in [7, 11) is 1.63. The lowest BCUT2D eigenvalue weighted by molar-refractivity contribution is -0.140. The minimum atomic E-state index is -0.366. The van der Waals surface area contributed by atoms with Crippen LogP contribution in [0, 0.1) is 23.7 Å². The summed E-state index contributed by atoms with van der Waals surface area (Å²) in [6, 6.07) is 9.49. The molecule has 6 heteroatoms. The third-order valence-electron chi connectivity index (χ3n) is 6.45. The van der Waals surface area contributed by atoms with Gasteiger partial charge < -0.3 is 18.9 Å². The zero-order valence-electron chi connectivity index (χ0n) is 17.0. The second kappa shape index (κ2) is 8.78. The fourth-order valence-corrected chi connectivity index (χ4v) is 5.42. The van der Waals surface area contributed by atoms with Crippen LogP contribution in [0.2, 0.25) is 0 Å². The van der Waals surface area contributed by atoms with Crippen LogP contribution in [-0.2, 0) is 28.5 Å². The molecule has 0 spiro atoms. The van der Waals surface area contributed by atoms with Crippen LogP contribution in [0.1, 0.15) is 25.3 Å². The van der Waals surface area contributed by atoms with Crippen LogP contribution in [0.3, 0.4) is 0 Å². The Bertz CT molecular complexity index is 786. The van der Waals surface area contributed by atoms with E-state index in [2.05, 4.69) is 0 Å². The van der Waals surface area contributed by atoms with Crippen LogP contribution >= 0.6 is 0 Å². The number of hydrogen-bond donors (Lipinski definition) is 0. The Balaban J connectivity index is 1.59. The van der Waals surface area contributed by atoms with E-state index in [9.17, 15) is 9.59 Å². The molecule has 4 rings (SSSR count). The monoisotopic (exact) mass is 400 g/mol. The van der Waals surface area contributed by atoms with Crippen molar-refractivity contribution in [3.8, 4) is 0 Å². The molecule has 0 unspecified atom stereocenters. The summed E-state index contributed by atoms with van der Waals surface area (Å²) in [5.41, 5.74) is 1.90. The molecular formula is C23H28O6. The minimum Gasteiger partial charge on any atom is -0.463 e. The van der Waals surface area contributed by atoms with E-state index in [-0.39, 0.29) is 54.9 Å². The molecule has 1 aromatic carbocycles. The number of esters is 1. The number of fused-ring (bicyclic) bond motifs is 5. The first-order valence-corrected chi connectivity index (χ1v) is 10.4. The van der Waals surface area contributed by atoms with Crippen LogP contribution < -0.4 is 0 Å². The van der Waals surface area contributed by atoms with Gasteiger partial charge in [0.15, 0.2) is 5.78 Å². The molecule has 0 aliphatic heterocycles. The number of methoxy groups -OCH3 is 1. The molecule has 1 aromatic rings. The van der Waals surface area contributed by atoms with E-state index in [1.54, 1.807) is 14.0 Å². The number of hydrogen-bond acceptors (Lipinski definition) is 6. The molecule has 156 valence electrons. The SMILES string of the molecule is CCOC(=O)C1=C(c2ccccc2)C(=O)[C@H]2[C@H]3C[C@@H]([C@@H]12)[C@@H](OCOCCOC)C3. The van der Waals surface area contributed by atoms with Gasteiger partial charge in [0.2, 0.25) is 0 Å². The Morgan fingerprint density at radius 1 is 1.10 bits per heavy atom. The highest BCUT2D eigenvalue weighted by atomic mass is 16.7. The maximum Gasteiger partial charge on any atom is 0.335 e. The van der Waals surface area contributed by atoms with E-state index in [0.29, 0.717) is 24.4 Å². The summed E-state index contributed by atoms with van der Waals surface area (Å²) in [5.74, 6) is -0.155. The predicted molar refractivity (Wildman–Crippen MR) is 106 cm³/mol. The minimum absolute atomic E-state index is 0.00357. The molecule has 2 bridgehead atoms. The lowest BCUT2D eigenvalue weighted by Gasteiger charge is -2.31. The van der Waals surface area contributed by atoms with Gasteiger partial charge in [-0.3, -0.25) is 4.79 Å². The molecule has 6 nitrogen and oxygen atoms in total. The third-order valence-corrected chi connectivity index (χ3v) is 6.45. The van der Waals surface area contributed by atoms with Crippen molar-refractivity contribution in [3.05, 3.63) is 41.5 Å². The van der Waals surface area contributed by atoms with E-state index in [1.807, 2.05) is 30.3 Å². The van der Waals surface area contributed by atoms with E-state index >= 15 is 0 Å². The molecule has 2 fully saturated rings. The van der Waals surface area contributed by atoms with Crippen molar-refractivity contribution in [2.24, 2.45) is 23.7 Å². The van der Waals surface area contributed by atoms with E-state index in [0.717, 1.165) is 18.4 Å². The van der Waals surface area contributed by atoms with Gasteiger partial charge in [0, 0.05) is 24.5 Å². The zero-order chi connectivity index (χ0) is 20.4. The van der Waals surface area contributed by atoms with Crippen molar-refractivity contribution in [2.75, 3.05) is 33.7 Å². The number of benzene rings is 1. The number of ether oxygens (including phenoxy) is 4. The van der Waals surface area contributed by atoms with Crippen LogP contribution in [-0.4, -0.2) is 51.6 Å². The van der Waals surface area contributed by atoms with Crippen molar-refractivity contribution in [3.63, 3.8) is 0 Å². The Kier molecular flexibility index (Phi) is 6.13. The smallest absolute Gasteiger partial charge is 0.335 e. The molecule has 0 heterocycles. The Labute approximate surface area is 171 Å². The Morgan fingerprint density at radius 3 is 2.62 bits per heavy atom. The van der Waals surface area contributed by atoms with Gasteiger partial charge >= 0.3 is 5.97 Å². The van der Waals surface area contributed by atoms with E-state index in [4.69, 9.17) is 18.9 Å². The predicted octanol–water partition coefficient (Wildman–Crippen LogP) is 2.86. The molecular weight excluding hydrogens is 372 g/mol. The maximum absolute atomic E-state index is 13.4. The summed E-state index contributed by atoms with van der Waals surface area (Å²) in [6.45, 7) is 3.28. The number of allylic oxidation sites excluding steroid dienone is 1. The summed E-state index contributed by atoms with van der Waals surface area (Å²) >= 11 is 0. The number of rotatable bonds is 9. The van der Waals surface area contributed by atoms with Gasteiger partial charge in [-0.2, -0.15) is 0 Å². The first-order chi connectivity index (χ1) is 14.2. The second-order valence-corrected chi connectivity index (χ2v) is 7.91. The molecule has 0 N–H and O–H groups in total. The maximum atomic E-state index is 13.4. The molecule has 0 saturated heterocycles. The standard InChI is InChI=1S/C23H28O6/c1-3-28-23(25)21-18(14-7-5-4-6-8-14)22(24)19-15-11-16(20(19)21)17(12-15)29-13-27-10-9-26-2/h4-8,15-17,19-20H,3,9-13H2,1-2H3/t15-,16+,17-,19-,20+/m0/s1. The van der Waals surface area contributed by atoms with Gasteiger partial charge in [-0.05, 0) is 37.2 Å². The summed E-state index contributed by atoms with van der Waals surface area (Å²) in [6.07, 6.45) is 1.74. The highest BCUT2D eigenvalue weighted by molar-refractivity contribution is 6.30. The number of carbonyl (C=O) groups excluding carboxylic acids is 2. The molecule has 0 amide bonds. The molecule has 29 heavy (non-hydrogen) atoms. The molecule has 0 aromatic heterocycles. The Hall–Kier alpha value is -2.02. The fraction of sp³-hybridized carbons (Fsp3) is 0.565. The number of Topliss-reactive ketones (excluding diaryl/α,β-unsaturated/α-hetero) is 1. The first kappa shape index (κ1) is 20.3. The highest BCUT2D eigenvalue weighted by Crippen LogP contribution is 2.61. The van der Waals surface area contributed by atoms with Crippen molar-refractivity contribution >= 4 is 17.3 Å². The van der Waals surface area contributed by atoms with Gasteiger partial charge in [-0.15, -0.1) is 0 Å². The van der Waals surface area contributed by atoms with E-state index < -0.39 is 0 Å². The average molecular weight is 400 g/mol. The molecule has 5 atom stereocenters. The quantitative estimate of drug-likeness (QED) is 0.361. The molecule has 3 aliphatic carbocycles. The topological polar surface area (TPSA) is 71.1 Å². The van der Waals surface area contributed by atoms with Gasteiger partial charge in [-0.25, -0.2) is 4.79 Å². The summed E-state index contributed by atoms with van der Waals surface area (Å²) < 4.78 is 21.8. The van der Waals surface area contributed by atoms with Gasteiger partial charge in [0.05, 0.1) is 31.5 Å². The molecule has 0 radical (unpaired) electrons. The van der Waals surface area contributed by atoms with Crippen molar-refractivity contribution in [1.29, 1.82) is 0 Å². The largest absolute Gasteiger partial charge is 0.463 e. The van der Waals surface area contributed by atoms with E-state index in [1.165, 1.54) is 0 Å². The van der Waals surface area contributed by atoms with Crippen LogP contribution in [0.25, 0.3) is 5.57 Å². The van der Waals surface area contributed by atoms with Crippen LogP contribution in [0.5, 0.6) is 0 Å². The van der Waals surface area contributed by atoms with Crippen molar-refractivity contribution < 1.29 is 28.5 Å². The summed E-state index contributed by atoms with van der Waals surface area (Å²) in [4.78, 5) is 26.3. The number of carbonyl (C=O) groups is 2. The lowest BCUT2D eigenvalue weighted by Crippen LogP contribution is -2.35. The van der Waals surface area contributed by atoms with Gasteiger partial charge in [-0.1, -0.05) is 30.3 Å². The van der Waals surface area contributed by atoms with Gasteiger partial charge in [0.1, 0.15) is 6.79 Å². The van der Waals surface area contributed by atoms with Crippen LogP contribution in [0.4, 0.5) is 0 Å². The lowest BCUT2D eigenvalue weighted by atomic mass is 9.77. The second-order valence-electron chi connectivity index (χ2n) is 7.91. The number of ketones is 1. The van der Waals surface area contributed by atoms with Crippen LogP contribution in [0.15, 0.2) is 35.9 Å². The van der Waals surface area contributed by atoms with Crippen molar-refractivity contribution in [1.82, 2.24) is 0 Å². The van der Waals surface area contributed by atoms with Crippen molar-refractivity contribution in [2.45, 2.75) is 25.9 Å². The normalized spacial score (nSPS) is 30.1. The van der Waals surface area contributed by atoms with Gasteiger partial charge in [0.25, 0.3) is 0 Å². The summed E-state index contributed by atoms with van der Waals surface area (Å²) in [5, 5.41) is 0. The first-order valence-electron chi connectivity index (χ1n) is 10.4. The highest BCUT2D eigenvalue weighted by Gasteiger charge is 2.62. The zero-order valence-corrected chi connectivity index (χ0v) is 17.0. The molecule has 2 saturated carbocycles. The molecule has 3 aliphatic rings. The fourth-order valence-electron chi connectivity index (χ4n) is 5.42. The third kappa shape index (κ3) is 3.65. The average Bonchev–Trinajstić information content (AvgIpc) is 3.38.